The van der Waals surface area contributed by atoms with Crippen LogP contribution in [-0.2, 0) is 0 Å². The molecule has 2 unspecified atom stereocenters. The molecule has 0 amide bonds. The molecule has 4 aromatic rings. The lowest BCUT2D eigenvalue weighted by atomic mass is 10.0. The van der Waals surface area contributed by atoms with Gasteiger partial charge in [0.15, 0.2) is 11.4 Å². The molecule has 0 spiro atoms. The van der Waals surface area contributed by atoms with E-state index in [1.807, 2.05) is 23.9 Å². The standard InChI is InChI=1S/C26H28FN7O2/c1-15(16-8-17(10-19(27)9-16)23-4-7-31-33-23)36-25-24-21(12-30-26(25)28)22(14-35-24)18-11-32-34(13-18)20-2-5-29-6-3-20/h7-15,20,23,29,33H,2-6H2,1H3,(H2,28,30). The van der Waals surface area contributed by atoms with Gasteiger partial charge in [-0.2, -0.15) is 10.2 Å². The van der Waals surface area contributed by atoms with Crippen LogP contribution in [0.3, 0.4) is 0 Å². The van der Waals surface area contributed by atoms with Crippen molar-refractivity contribution in [2.45, 2.75) is 44.4 Å². The number of anilines is 1. The normalized spacial score (nSPS) is 19.0. The average molecular weight is 490 g/mol. The van der Waals surface area contributed by atoms with Crippen molar-refractivity contribution in [1.82, 2.24) is 25.5 Å². The summed E-state index contributed by atoms with van der Waals surface area (Å²) in [6, 6.07) is 5.24. The Hall–Kier alpha value is -3.92. The highest BCUT2D eigenvalue weighted by Crippen LogP contribution is 2.40. The van der Waals surface area contributed by atoms with Crippen LogP contribution in [0.25, 0.3) is 22.1 Å². The molecule has 1 fully saturated rings. The Kier molecular flexibility index (Phi) is 5.80. The number of nitrogen functional groups attached to an aromatic ring is 1. The minimum absolute atomic E-state index is 0.0553. The number of halogens is 1. The van der Waals surface area contributed by atoms with Crippen LogP contribution in [0, 0.1) is 5.82 Å². The molecule has 0 bridgehead atoms. The van der Waals surface area contributed by atoms with Crippen LogP contribution in [0.15, 0.2) is 52.6 Å². The van der Waals surface area contributed by atoms with Gasteiger partial charge in [-0.3, -0.25) is 4.68 Å². The summed E-state index contributed by atoms with van der Waals surface area (Å²) < 4.78 is 28.7. The van der Waals surface area contributed by atoms with Crippen LogP contribution in [0.2, 0.25) is 0 Å². The van der Waals surface area contributed by atoms with Gasteiger partial charge in [0.05, 0.1) is 23.7 Å². The maximum absolute atomic E-state index is 14.4. The molecule has 4 N–H and O–H groups in total. The van der Waals surface area contributed by atoms with Gasteiger partial charge in [-0.25, -0.2) is 9.37 Å². The molecule has 2 aliphatic heterocycles. The van der Waals surface area contributed by atoms with Crippen LogP contribution < -0.4 is 21.2 Å². The summed E-state index contributed by atoms with van der Waals surface area (Å²) >= 11 is 0. The number of hydrogen-bond donors (Lipinski definition) is 3. The summed E-state index contributed by atoms with van der Waals surface area (Å²) in [4.78, 5) is 4.36. The number of benzene rings is 1. The molecule has 1 saturated heterocycles. The van der Waals surface area contributed by atoms with Crippen molar-refractivity contribution in [3.8, 4) is 16.9 Å². The molecule has 1 aromatic carbocycles. The fourth-order valence-corrected chi connectivity index (χ4v) is 4.95. The van der Waals surface area contributed by atoms with Crippen molar-refractivity contribution in [3.63, 3.8) is 0 Å². The zero-order chi connectivity index (χ0) is 24.6. The fraction of sp³-hybridized carbons (Fsp3) is 0.346. The van der Waals surface area contributed by atoms with Crippen molar-refractivity contribution in [2.75, 3.05) is 18.8 Å². The quantitative estimate of drug-likeness (QED) is 0.365. The molecule has 36 heavy (non-hydrogen) atoms. The van der Waals surface area contributed by atoms with Crippen LogP contribution in [0.4, 0.5) is 10.2 Å². The Labute approximate surface area is 207 Å². The van der Waals surface area contributed by atoms with Gasteiger partial charge in [0.2, 0.25) is 5.75 Å². The van der Waals surface area contributed by atoms with Gasteiger partial charge in [0.1, 0.15) is 18.2 Å². The summed E-state index contributed by atoms with van der Waals surface area (Å²) in [6.45, 7) is 3.84. The number of nitrogens with zero attached hydrogens (tertiary/aromatic N) is 4. The average Bonchev–Trinajstić information content (AvgIpc) is 3.66. The summed E-state index contributed by atoms with van der Waals surface area (Å²) in [5.74, 6) is 0.218. The van der Waals surface area contributed by atoms with Crippen LogP contribution in [0.1, 0.15) is 55.5 Å². The van der Waals surface area contributed by atoms with Gasteiger partial charge < -0.3 is 25.6 Å². The maximum atomic E-state index is 14.4. The number of aromatic nitrogens is 3. The number of hydrazone groups is 1. The molecular weight excluding hydrogens is 461 g/mol. The van der Waals surface area contributed by atoms with E-state index < -0.39 is 6.10 Å². The largest absolute Gasteiger partial charge is 0.479 e. The van der Waals surface area contributed by atoms with Crippen molar-refractivity contribution < 1.29 is 13.5 Å². The fourth-order valence-electron chi connectivity index (χ4n) is 4.95. The van der Waals surface area contributed by atoms with Crippen LogP contribution in [-0.4, -0.2) is 34.1 Å². The SMILES string of the molecule is CC(Oc1c(N)ncc2c(-c3cnn(C4CCNCC4)c3)coc12)c1cc(F)cc(C2CC=NN2)c1. The maximum Gasteiger partial charge on any atom is 0.205 e. The molecule has 9 nitrogen and oxygen atoms in total. The lowest BCUT2D eigenvalue weighted by Crippen LogP contribution is -2.29. The van der Waals surface area contributed by atoms with E-state index in [0.29, 0.717) is 29.4 Å². The van der Waals surface area contributed by atoms with Gasteiger partial charge in [0.25, 0.3) is 0 Å². The second-order valence-corrected chi connectivity index (χ2v) is 9.36. The van der Waals surface area contributed by atoms with E-state index >= 15 is 0 Å². The Morgan fingerprint density at radius 2 is 2.08 bits per heavy atom. The number of rotatable bonds is 6. The third kappa shape index (κ3) is 4.17. The van der Waals surface area contributed by atoms with Crippen molar-refractivity contribution in [2.24, 2.45) is 5.10 Å². The number of hydrogen-bond acceptors (Lipinski definition) is 8. The predicted octanol–water partition coefficient (Wildman–Crippen LogP) is 4.50. The van der Waals surface area contributed by atoms with E-state index in [-0.39, 0.29) is 17.7 Å². The first-order valence-electron chi connectivity index (χ1n) is 12.2. The minimum Gasteiger partial charge on any atom is -0.479 e. The molecule has 5 heterocycles. The zero-order valence-corrected chi connectivity index (χ0v) is 19.9. The highest BCUT2D eigenvalue weighted by Gasteiger charge is 2.23. The second-order valence-electron chi connectivity index (χ2n) is 9.36. The number of piperidine rings is 1. The lowest BCUT2D eigenvalue weighted by molar-refractivity contribution is 0.227. The number of nitrogens with one attached hydrogen (secondary N) is 2. The molecule has 10 heteroatoms. The first-order chi connectivity index (χ1) is 17.6. The van der Waals surface area contributed by atoms with Gasteiger partial charge in [-0.1, -0.05) is 0 Å². The van der Waals surface area contributed by atoms with E-state index in [2.05, 4.69) is 32.1 Å². The van der Waals surface area contributed by atoms with Crippen LogP contribution >= 0.6 is 0 Å². The molecule has 0 aliphatic carbocycles. The van der Waals surface area contributed by atoms with Crippen molar-refractivity contribution in [1.29, 1.82) is 0 Å². The molecule has 3 aromatic heterocycles. The first-order valence-corrected chi connectivity index (χ1v) is 12.2. The Morgan fingerprint density at radius 3 is 2.89 bits per heavy atom. The van der Waals surface area contributed by atoms with Gasteiger partial charge in [0, 0.05) is 36.2 Å². The van der Waals surface area contributed by atoms with Crippen molar-refractivity contribution >= 4 is 23.0 Å². The number of nitrogens with two attached hydrogens (primary N) is 1. The number of pyridine rings is 1. The Bertz CT molecular complexity index is 1420. The predicted molar refractivity (Wildman–Crippen MR) is 135 cm³/mol. The van der Waals surface area contributed by atoms with Gasteiger partial charge in [-0.05, 0) is 62.2 Å². The molecule has 6 rings (SSSR count). The van der Waals surface area contributed by atoms with E-state index in [9.17, 15) is 4.39 Å². The third-order valence-corrected chi connectivity index (χ3v) is 6.97. The topological polar surface area (TPSA) is 116 Å². The lowest BCUT2D eigenvalue weighted by Gasteiger charge is -2.22. The Morgan fingerprint density at radius 1 is 1.22 bits per heavy atom. The van der Waals surface area contributed by atoms with E-state index in [4.69, 9.17) is 14.9 Å². The first kappa shape index (κ1) is 22.5. The monoisotopic (exact) mass is 489 g/mol. The summed E-state index contributed by atoms with van der Waals surface area (Å²) in [6.07, 6.45) is 11.4. The van der Waals surface area contributed by atoms with Gasteiger partial charge in [-0.15, -0.1) is 0 Å². The van der Waals surface area contributed by atoms with Gasteiger partial charge >= 0.3 is 0 Å². The second kappa shape index (κ2) is 9.27. The molecule has 0 radical (unpaired) electrons. The molecular formula is C26H28FN7O2. The highest BCUT2D eigenvalue weighted by molar-refractivity contribution is 5.97. The summed E-state index contributed by atoms with van der Waals surface area (Å²) in [7, 11) is 0. The number of ether oxygens (including phenoxy) is 1. The zero-order valence-electron chi connectivity index (χ0n) is 19.9. The van der Waals surface area contributed by atoms with E-state index in [0.717, 1.165) is 48.0 Å². The highest BCUT2D eigenvalue weighted by atomic mass is 19.1. The molecule has 186 valence electrons. The molecule has 2 atom stereocenters. The number of fused-ring (bicyclic) bond motifs is 1. The Balaban J connectivity index is 1.29. The minimum atomic E-state index is -0.493. The molecule has 2 aliphatic rings. The third-order valence-electron chi connectivity index (χ3n) is 6.97. The van der Waals surface area contributed by atoms with Crippen LogP contribution in [0.5, 0.6) is 5.75 Å². The smallest absolute Gasteiger partial charge is 0.205 e. The van der Waals surface area contributed by atoms with Crippen molar-refractivity contribution in [3.05, 3.63) is 60.0 Å². The van der Waals surface area contributed by atoms with E-state index in [1.54, 1.807) is 18.7 Å². The summed E-state index contributed by atoms with van der Waals surface area (Å²) in [5.41, 5.74) is 13.0. The summed E-state index contributed by atoms with van der Waals surface area (Å²) in [5, 5.41) is 12.8. The number of furan rings is 1. The molecule has 0 saturated carbocycles. The van der Waals surface area contributed by atoms with E-state index in [1.165, 1.54) is 12.1 Å².